The van der Waals surface area contributed by atoms with E-state index in [1.165, 1.54) is 0 Å². The first-order chi connectivity index (χ1) is 10.2. The number of nitriles is 1. The molecule has 0 aliphatic carbocycles. The highest BCUT2D eigenvalue weighted by atomic mass is 16.5. The largest absolute Gasteiger partial charge is 0.497 e. The Morgan fingerprint density at radius 3 is 2.67 bits per heavy atom. The molecule has 0 spiro atoms. The van der Waals surface area contributed by atoms with E-state index in [4.69, 9.17) is 4.74 Å². The molecule has 1 atom stereocenters. The van der Waals surface area contributed by atoms with Gasteiger partial charge in [-0.1, -0.05) is 19.1 Å². The molecular formula is C16H21N3O2. The zero-order valence-corrected chi connectivity index (χ0v) is 12.6. The molecule has 1 aromatic carbocycles. The molecule has 0 bridgehead atoms. The fourth-order valence-electron chi connectivity index (χ4n) is 2.63. The average Bonchev–Trinajstić information content (AvgIpc) is 2.55. The van der Waals surface area contributed by atoms with Crippen LogP contribution in [0.5, 0.6) is 5.75 Å². The fraction of sp³-hybridized carbons (Fsp3) is 0.500. The number of amides is 1. The molecule has 21 heavy (non-hydrogen) atoms. The fourth-order valence-corrected chi connectivity index (χ4v) is 2.63. The number of methoxy groups -OCH3 is 1. The van der Waals surface area contributed by atoms with E-state index in [0.717, 1.165) is 24.4 Å². The lowest BCUT2D eigenvalue weighted by molar-refractivity contribution is -0.132. The Morgan fingerprint density at radius 1 is 1.38 bits per heavy atom. The van der Waals surface area contributed by atoms with Crippen molar-refractivity contribution < 1.29 is 9.53 Å². The molecule has 5 heteroatoms. The highest BCUT2D eigenvalue weighted by Gasteiger charge is 2.26. The topological polar surface area (TPSA) is 56.6 Å². The number of hydrogen-bond acceptors (Lipinski definition) is 4. The predicted octanol–water partition coefficient (Wildman–Crippen LogP) is 1.81. The van der Waals surface area contributed by atoms with Gasteiger partial charge in [0.2, 0.25) is 5.91 Å². The van der Waals surface area contributed by atoms with Gasteiger partial charge in [0, 0.05) is 32.6 Å². The van der Waals surface area contributed by atoms with Crippen molar-refractivity contribution in [1.82, 2.24) is 9.80 Å². The molecule has 1 unspecified atom stereocenters. The highest BCUT2D eigenvalue weighted by Crippen LogP contribution is 2.24. The summed E-state index contributed by atoms with van der Waals surface area (Å²) in [4.78, 5) is 15.7. The van der Waals surface area contributed by atoms with Crippen molar-refractivity contribution in [2.75, 3.05) is 33.3 Å². The van der Waals surface area contributed by atoms with Crippen LogP contribution in [0, 0.1) is 11.3 Å². The highest BCUT2D eigenvalue weighted by molar-refractivity contribution is 5.75. The van der Waals surface area contributed by atoms with Crippen molar-refractivity contribution in [3.63, 3.8) is 0 Å². The van der Waals surface area contributed by atoms with Crippen molar-refractivity contribution in [1.29, 1.82) is 5.26 Å². The standard InChI is InChI=1S/C16H21N3O2/c1-3-16(20)19-9-7-18(8-10-19)15(12-17)13-5-4-6-14(11-13)21-2/h4-6,11,15H,3,7-10H2,1-2H3. The van der Waals surface area contributed by atoms with Crippen LogP contribution in [0.15, 0.2) is 24.3 Å². The van der Waals surface area contributed by atoms with Crippen molar-refractivity contribution >= 4 is 5.91 Å². The minimum absolute atomic E-state index is 0.185. The van der Waals surface area contributed by atoms with Crippen LogP contribution in [0.2, 0.25) is 0 Å². The summed E-state index contributed by atoms with van der Waals surface area (Å²) in [5, 5.41) is 9.50. The van der Waals surface area contributed by atoms with E-state index in [-0.39, 0.29) is 11.9 Å². The lowest BCUT2D eigenvalue weighted by atomic mass is 10.1. The van der Waals surface area contributed by atoms with Gasteiger partial charge in [-0.25, -0.2) is 0 Å². The molecule has 1 aliphatic heterocycles. The number of nitrogens with zero attached hydrogens (tertiary/aromatic N) is 3. The summed E-state index contributed by atoms with van der Waals surface area (Å²) >= 11 is 0. The van der Waals surface area contributed by atoms with Gasteiger partial charge in [0.1, 0.15) is 11.8 Å². The minimum atomic E-state index is -0.293. The van der Waals surface area contributed by atoms with E-state index in [1.54, 1.807) is 7.11 Å². The summed E-state index contributed by atoms with van der Waals surface area (Å²) in [7, 11) is 1.62. The molecule has 5 nitrogen and oxygen atoms in total. The molecule has 0 N–H and O–H groups in total. The quantitative estimate of drug-likeness (QED) is 0.847. The van der Waals surface area contributed by atoms with Crippen LogP contribution in [0.4, 0.5) is 0 Å². The number of benzene rings is 1. The summed E-state index contributed by atoms with van der Waals surface area (Å²) < 4.78 is 5.22. The molecule has 0 saturated carbocycles. The van der Waals surface area contributed by atoms with Gasteiger partial charge in [-0.2, -0.15) is 5.26 Å². The summed E-state index contributed by atoms with van der Waals surface area (Å²) in [6, 6.07) is 9.69. The lowest BCUT2D eigenvalue weighted by Crippen LogP contribution is -2.49. The van der Waals surface area contributed by atoms with E-state index < -0.39 is 0 Å². The molecule has 2 rings (SSSR count). The van der Waals surface area contributed by atoms with Gasteiger partial charge in [0.05, 0.1) is 13.2 Å². The first-order valence-electron chi connectivity index (χ1n) is 7.25. The lowest BCUT2D eigenvalue weighted by Gasteiger charge is -2.37. The van der Waals surface area contributed by atoms with Crippen LogP contribution in [0.3, 0.4) is 0 Å². The second kappa shape index (κ2) is 7.09. The number of hydrogen-bond donors (Lipinski definition) is 0. The maximum atomic E-state index is 11.7. The van der Waals surface area contributed by atoms with Crippen LogP contribution in [0.1, 0.15) is 24.9 Å². The molecule has 1 amide bonds. The Morgan fingerprint density at radius 2 is 2.10 bits per heavy atom. The first-order valence-corrected chi connectivity index (χ1v) is 7.25. The molecule has 1 heterocycles. The van der Waals surface area contributed by atoms with Crippen LogP contribution in [-0.2, 0) is 4.79 Å². The number of rotatable bonds is 4. The number of piperazine rings is 1. The SMILES string of the molecule is CCC(=O)N1CCN(C(C#N)c2cccc(OC)c2)CC1. The van der Waals surface area contributed by atoms with Gasteiger partial charge >= 0.3 is 0 Å². The number of ether oxygens (including phenoxy) is 1. The summed E-state index contributed by atoms with van der Waals surface area (Å²) in [5.41, 5.74) is 0.937. The van der Waals surface area contributed by atoms with Gasteiger partial charge in [0.15, 0.2) is 0 Å². The van der Waals surface area contributed by atoms with Crippen LogP contribution < -0.4 is 4.74 Å². The Hall–Kier alpha value is -2.06. The third-order valence-corrected chi connectivity index (χ3v) is 3.87. The summed E-state index contributed by atoms with van der Waals surface area (Å²) in [6.07, 6.45) is 0.539. The normalized spacial score (nSPS) is 17.1. The third kappa shape index (κ3) is 3.53. The van der Waals surface area contributed by atoms with Gasteiger partial charge in [0.25, 0.3) is 0 Å². The Balaban J connectivity index is 2.06. The first kappa shape index (κ1) is 15.3. The molecular weight excluding hydrogens is 266 g/mol. The second-order valence-electron chi connectivity index (χ2n) is 5.08. The summed E-state index contributed by atoms with van der Waals surface area (Å²) in [6.45, 7) is 4.70. The van der Waals surface area contributed by atoms with Crippen LogP contribution in [-0.4, -0.2) is 49.0 Å². The average molecular weight is 287 g/mol. The van der Waals surface area contributed by atoms with Crippen molar-refractivity contribution in [3.8, 4) is 11.8 Å². The molecule has 0 aromatic heterocycles. The Bertz CT molecular complexity index is 531. The molecule has 0 radical (unpaired) electrons. The summed E-state index contributed by atoms with van der Waals surface area (Å²) in [5.74, 6) is 0.942. The van der Waals surface area contributed by atoms with Gasteiger partial charge < -0.3 is 9.64 Å². The van der Waals surface area contributed by atoms with Crippen molar-refractivity contribution in [2.45, 2.75) is 19.4 Å². The van der Waals surface area contributed by atoms with Crippen LogP contribution in [0.25, 0.3) is 0 Å². The van der Waals surface area contributed by atoms with Crippen LogP contribution >= 0.6 is 0 Å². The second-order valence-corrected chi connectivity index (χ2v) is 5.08. The van der Waals surface area contributed by atoms with E-state index in [1.807, 2.05) is 36.1 Å². The molecule has 1 aliphatic rings. The van der Waals surface area contributed by atoms with E-state index in [9.17, 15) is 10.1 Å². The predicted molar refractivity (Wildman–Crippen MR) is 79.8 cm³/mol. The Kier molecular flexibility index (Phi) is 5.18. The molecule has 1 fully saturated rings. The van der Waals surface area contributed by atoms with Crippen molar-refractivity contribution in [2.24, 2.45) is 0 Å². The maximum absolute atomic E-state index is 11.7. The minimum Gasteiger partial charge on any atom is -0.497 e. The monoisotopic (exact) mass is 287 g/mol. The van der Waals surface area contributed by atoms with E-state index in [0.29, 0.717) is 19.5 Å². The third-order valence-electron chi connectivity index (χ3n) is 3.87. The zero-order chi connectivity index (χ0) is 15.2. The zero-order valence-electron chi connectivity index (χ0n) is 12.6. The number of carbonyl (C=O) groups is 1. The maximum Gasteiger partial charge on any atom is 0.222 e. The van der Waals surface area contributed by atoms with E-state index in [2.05, 4.69) is 11.0 Å². The van der Waals surface area contributed by atoms with Gasteiger partial charge in [-0.3, -0.25) is 9.69 Å². The molecule has 1 saturated heterocycles. The number of carbonyl (C=O) groups excluding carboxylic acids is 1. The van der Waals surface area contributed by atoms with Crippen molar-refractivity contribution in [3.05, 3.63) is 29.8 Å². The smallest absolute Gasteiger partial charge is 0.222 e. The molecule has 1 aromatic rings. The van der Waals surface area contributed by atoms with Gasteiger partial charge in [-0.15, -0.1) is 0 Å². The van der Waals surface area contributed by atoms with Gasteiger partial charge in [-0.05, 0) is 17.7 Å². The van der Waals surface area contributed by atoms with E-state index >= 15 is 0 Å². The Labute approximate surface area is 125 Å². The molecule has 112 valence electrons.